The van der Waals surface area contributed by atoms with Gasteiger partial charge in [0.2, 0.25) is 0 Å². The largest absolute Gasteiger partial charge is 0.393 e. The second-order valence-electron chi connectivity index (χ2n) is 16.0. The van der Waals surface area contributed by atoms with Crippen molar-refractivity contribution < 1.29 is 14.7 Å². The number of carbonyl (C=O) groups excluding carboxylic acids is 2. The van der Waals surface area contributed by atoms with E-state index in [1.165, 1.54) is 12.0 Å². The van der Waals surface area contributed by atoms with Crippen molar-refractivity contribution in [2.75, 3.05) is 0 Å². The molecule has 40 heavy (non-hydrogen) atoms. The second kappa shape index (κ2) is 8.78. The van der Waals surface area contributed by atoms with Crippen LogP contribution in [0.5, 0.6) is 0 Å². The van der Waals surface area contributed by atoms with Crippen molar-refractivity contribution in [2.45, 2.75) is 118 Å². The topological polar surface area (TPSA) is 84.2 Å². The van der Waals surface area contributed by atoms with E-state index in [0.29, 0.717) is 24.0 Å². The maximum atomic E-state index is 13.7. The molecule has 2 N–H and O–H groups in total. The van der Waals surface area contributed by atoms with Crippen LogP contribution in [0.1, 0.15) is 117 Å². The summed E-state index contributed by atoms with van der Waals surface area (Å²) in [5, 5.41) is 18.8. The number of allylic oxidation sites excluding steroid dienone is 1. The number of aliphatic hydroxyl groups excluding tert-OH is 1. The smallest absolute Gasteiger partial charge is 0.272 e. The minimum absolute atomic E-state index is 0.0589. The number of aryl methyl sites for hydroxylation is 1. The van der Waals surface area contributed by atoms with Crippen molar-refractivity contribution in [3.05, 3.63) is 29.1 Å². The third-order valence-electron chi connectivity index (χ3n) is 13.7. The standard InChI is InChI=1S/C34H51N3O3/c1-20(2)27-23(38)19-34(35-29(40)22-13-18-37(8)36-22)17-16-32(6)21(28(27)34)9-10-25-31(5)14-12-26(39)30(3,4)24(31)11-15-33(25,32)7/h13,18,20-21,24-26,39H,9-12,14-17,19H2,1-8H3,(H,35,40)/t21-,24?,25?,26+,31+,32-,33-,34?/m1/s1. The molecule has 1 aromatic rings. The third-order valence-corrected chi connectivity index (χ3v) is 13.7. The van der Waals surface area contributed by atoms with E-state index in [1.54, 1.807) is 16.9 Å². The van der Waals surface area contributed by atoms with E-state index in [0.717, 1.165) is 50.5 Å². The molecule has 8 atom stereocenters. The van der Waals surface area contributed by atoms with Gasteiger partial charge in [0, 0.05) is 19.7 Å². The van der Waals surface area contributed by atoms with E-state index in [4.69, 9.17) is 0 Å². The number of Topliss-reactive ketones (excluding diaryl/α,β-unsaturated/α-hetero) is 1. The summed E-state index contributed by atoms with van der Waals surface area (Å²) >= 11 is 0. The average molecular weight is 550 g/mol. The van der Waals surface area contributed by atoms with Crippen LogP contribution in [0.4, 0.5) is 0 Å². The Morgan fingerprint density at radius 3 is 2.38 bits per heavy atom. The van der Waals surface area contributed by atoms with Crippen molar-refractivity contribution in [2.24, 2.45) is 52.4 Å². The first-order valence-electron chi connectivity index (χ1n) is 15.9. The molecule has 0 bridgehead atoms. The number of nitrogens with one attached hydrogen (secondary N) is 1. The predicted octanol–water partition coefficient (Wildman–Crippen LogP) is 6.24. The van der Waals surface area contributed by atoms with Crippen LogP contribution in [0.15, 0.2) is 23.4 Å². The van der Waals surface area contributed by atoms with Crippen LogP contribution in [0.25, 0.3) is 0 Å². The summed E-state index contributed by atoms with van der Waals surface area (Å²) in [7, 11) is 1.82. The molecule has 0 aromatic carbocycles. The molecule has 220 valence electrons. The summed E-state index contributed by atoms with van der Waals surface area (Å²) in [6.45, 7) is 16.6. The van der Waals surface area contributed by atoms with Crippen LogP contribution < -0.4 is 5.32 Å². The number of carbonyl (C=O) groups is 2. The Hall–Kier alpha value is -1.95. The first-order chi connectivity index (χ1) is 18.6. The average Bonchev–Trinajstić information content (AvgIpc) is 3.43. The molecular weight excluding hydrogens is 498 g/mol. The van der Waals surface area contributed by atoms with Gasteiger partial charge >= 0.3 is 0 Å². The molecule has 0 saturated heterocycles. The highest BCUT2D eigenvalue weighted by Crippen LogP contribution is 2.75. The zero-order valence-corrected chi connectivity index (χ0v) is 26.1. The maximum absolute atomic E-state index is 13.7. The summed E-state index contributed by atoms with van der Waals surface area (Å²) in [6.07, 6.45) is 10.3. The number of aliphatic hydroxyl groups is 1. The minimum Gasteiger partial charge on any atom is -0.393 e. The van der Waals surface area contributed by atoms with Crippen molar-refractivity contribution in [1.82, 2.24) is 15.1 Å². The number of nitrogens with zero attached hydrogens (tertiary/aromatic N) is 2. The summed E-state index contributed by atoms with van der Waals surface area (Å²) in [6, 6.07) is 1.76. The summed E-state index contributed by atoms with van der Waals surface area (Å²) in [5.41, 5.74) is 2.43. The molecule has 5 aliphatic rings. The normalized spacial score (nSPS) is 44.1. The van der Waals surface area contributed by atoms with Gasteiger partial charge in [0.15, 0.2) is 5.78 Å². The zero-order valence-electron chi connectivity index (χ0n) is 26.1. The number of amides is 1. The number of rotatable bonds is 3. The fraction of sp³-hybridized carbons (Fsp3) is 0.794. The highest BCUT2D eigenvalue weighted by Gasteiger charge is 2.70. The third kappa shape index (κ3) is 3.53. The number of fused-ring (bicyclic) bond motifs is 7. The number of hydrogen-bond acceptors (Lipinski definition) is 4. The Labute approximate surface area is 240 Å². The molecule has 6 nitrogen and oxygen atoms in total. The van der Waals surface area contributed by atoms with Crippen molar-refractivity contribution in [1.29, 1.82) is 0 Å². The predicted molar refractivity (Wildman–Crippen MR) is 156 cm³/mol. The Balaban J connectivity index is 1.41. The minimum atomic E-state index is -0.600. The van der Waals surface area contributed by atoms with Crippen molar-refractivity contribution in [3.8, 4) is 0 Å². The van der Waals surface area contributed by atoms with Gasteiger partial charge in [-0.1, -0.05) is 48.5 Å². The first kappa shape index (κ1) is 28.2. The van der Waals surface area contributed by atoms with Crippen LogP contribution in [-0.2, 0) is 11.8 Å². The Bertz CT molecular complexity index is 1280. The monoisotopic (exact) mass is 549 g/mol. The van der Waals surface area contributed by atoms with Gasteiger partial charge < -0.3 is 10.4 Å². The lowest BCUT2D eigenvalue weighted by Crippen LogP contribution is -2.67. The Morgan fingerprint density at radius 2 is 1.73 bits per heavy atom. The van der Waals surface area contributed by atoms with Gasteiger partial charge in [-0.3, -0.25) is 14.3 Å². The van der Waals surface area contributed by atoms with E-state index < -0.39 is 5.54 Å². The summed E-state index contributed by atoms with van der Waals surface area (Å²) in [4.78, 5) is 27.3. The molecule has 1 aromatic heterocycles. The SMILES string of the molecule is CC(C)C1=C2[C@H]3CCC4[C@@]5(C)CC[C@H](O)C(C)(C)C5CC[C@@]4(C)[C@]3(C)CCC2(NC(=O)c2ccn(C)n2)CC1=O. The molecule has 6 heteroatoms. The van der Waals surface area contributed by atoms with E-state index in [1.807, 2.05) is 7.05 Å². The quantitative estimate of drug-likeness (QED) is 0.467. The molecule has 4 saturated carbocycles. The van der Waals surface area contributed by atoms with Gasteiger partial charge in [0.1, 0.15) is 5.69 Å². The van der Waals surface area contributed by atoms with Gasteiger partial charge in [0.25, 0.3) is 5.91 Å². The van der Waals surface area contributed by atoms with E-state index in [2.05, 4.69) is 58.9 Å². The molecule has 4 fully saturated rings. The van der Waals surface area contributed by atoms with E-state index in [-0.39, 0.29) is 51.3 Å². The highest BCUT2D eigenvalue weighted by atomic mass is 16.3. The molecule has 1 heterocycles. The lowest BCUT2D eigenvalue weighted by molar-refractivity contribution is -0.226. The molecule has 6 rings (SSSR count). The maximum Gasteiger partial charge on any atom is 0.272 e. The summed E-state index contributed by atoms with van der Waals surface area (Å²) < 4.78 is 1.66. The van der Waals surface area contributed by atoms with Gasteiger partial charge in [-0.05, 0) is 114 Å². The van der Waals surface area contributed by atoms with Crippen molar-refractivity contribution >= 4 is 11.7 Å². The van der Waals surface area contributed by atoms with Crippen LogP contribution in [0, 0.1) is 45.3 Å². The highest BCUT2D eigenvalue weighted by molar-refractivity contribution is 6.03. The molecule has 3 unspecified atom stereocenters. The molecule has 1 amide bonds. The van der Waals surface area contributed by atoms with Crippen molar-refractivity contribution in [3.63, 3.8) is 0 Å². The van der Waals surface area contributed by atoms with Gasteiger partial charge in [-0.2, -0.15) is 5.10 Å². The fourth-order valence-corrected chi connectivity index (χ4v) is 11.6. The van der Waals surface area contributed by atoms with Crippen LogP contribution in [-0.4, -0.2) is 38.2 Å². The van der Waals surface area contributed by atoms with Gasteiger partial charge in [-0.15, -0.1) is 0 Å². The zero-order chi connectivity index (χ0) is 29.0. The Morgan fingerprint density at radius 1 is 1.00 bits per heavy atom. The van der Waals surface area contributed by atoms with Crippen LogP contribution in [0.3, 0.4) is 0 Å². The van der Waals surface area contributed by atoms with E-state index in [9.17, 15) is 14.7 Å². The van der Waals surface area contributed by atoms with Crippen LogP contribution >= 0.6 is 0 Å². The molecule has 0 spiro atoms. The van der Waals surface area contributed by atoms with E-state index >= 15 is 0 Å². The molecule has 0 aliphatic heterocycles. The van der Waals surface area contributed by atoms with Gasteiger partial charge in [-0.25, -0.2) is 0 Å². The fourth-order valence-electron chi connectivity index (χ4n) is 11.6. The summed E-state index contributed by atoms with van der Waals surface area (Å²) in [5.74, 6) is 1.61. The molecular formula is C34H51N3O3. The lowest BCUT2D eigenvalue weighted by atomic mass is 9.33. The lowest BCUT2D eigenvalue weighted by Gasteiger charge is -2.72. The first-order valence-corrected chi connectivity index (χ1v) is 15.9. The van der Waals surface area contributed by atoms with Gasteiger partial charge in [0.05, 0.1) is 11.6 Å². The second-order valence-corrected chi connectivity index (χ2v) is 16.0. The number of ketones is 1. The molecule has 0 radical (unpaired) electrons. The number of hydrogen-bond donors (Lipinski definition) is 2. The number of aromatic nitrogens is 2. The Kier molecular flexibility index (Phi) is 6.19. The van der Waals surface area contributed by atoms with Crippen LogP contribution in [0.2, 0.25) is 0 Å². The molecule has 5 aliphatic carbocycles.